The van der Waals surface area contributed by atoms with E-state index in [4.69, 9.17) is 15.9 Å². The molecular weight excluding hydrogens is 238 g/mol. The zero-order valence-corrected chi connectivity index (χ0v) is 9.85. The minimum Gasteiger partial charge on any atom is -0.481 e. The molecule has 0 spiro atoms. The maximum absolute atomic E-state index is 10.3. The summed E-state index contributed by atoms with van der Waals surface area (Å²) in [5.41, 5.74) is 5.30. The number of aliphatic carboxylic acids is 2. The van der Waals surface area contributed by atoms with Crippen molar-refractivity contribution in [2.24, 2.45) is 5.73 Å². The van der Waals surface area contributed by atoms with Crippen LogP contribution in [0.1, 0.15) is 19.3 Å². The highest BCUT2D eigenvalue weighted by Gasteiger charge is 2.10. The molecule has 4 N–H and O–H groups in total. The molecule has 0 unspecified atom stereocenters. The second-order valence-corrected chi connectivity index (χ2v) is 5.58. The van der Waals surface area contributed by atoms with Crippen LogP contribution in [-0.2, 0) is 9.59 Å². The minimum atomic E-state index is -0.980. The van der Waals surface area contributed by atoms with Crippen LogP contribution in [0.3, 0.4) is 0 Å². The van der Waals surface area contributed by atoms with E-state index in [9.17, 15) is 9.59 Å². The molecule has 0 fully saturated rings. The second-order valence-electron chi connectivity index (χ2n) is 2.87. The fourth-order valence-corrected chi connectivity index (χ4v) is 2.90. The average Bonchev–Trinajstić information content (AvgIpc) is 2.15. The highest BCUT2D eigenvalue weighted by Crippen LogP contribution is 2.23. The van der Waals surface area contributed by atoms with Gasteiger partial charge in [0.25, 0.3) is 0 Å². The first-order valence-corrected chi connectivity index (χ1v) is 6.97. The number of rotatable bonds is 9. The second kappa shape index (κ2) is 8.87. The number of nitrogens with two attached hydrogens (primary N) is 1. The minimum absolute atomic E-state index is 0.183. The Morgan fingerprint density at radius 2 is 1.80 bits per heavy atom. The molecule has 5 nitrogen and oxygen atoms in total. The third-order valence-electron chi connectivity index (χ3n) is 1.53. The summed E-state index contributed by atoms with van der Waals surface area (Å²) in [7, 11) is 3.08. The van der Waals surface area contributed by atoms with Gasteiger partial charge < -0.3 is 15.9 Å². The molecule has 88 valence electrons. The molecule has 0 aromatic heterocycles. The molecule has 0 aliphatic rings. The SMILES string of the molecule is N[C@@H](CCSSCCCC(=O)O)C(=O)O. The third-order valence-corrected chi connectivity index (χ3v) is 4.06. The van der Waals surface area contributed by atoms with Crippen LogP contribution in [0.25, 0.3) is 0 Å². The highest BCUT2D eigenvalue weighted by molar-refractivity contribution is 8.76. The van der Waals surface area contributed by atoms with Gasteiger partial charge in [-0.2, -0.15) is 0 Å². The molecule has 0 aliphatic heterocycles. The van der Waals surface area contributed by atoms with Crippen LogP contribution in [0.5, 0.6) is 0 Å². The van der Waals surface area contributed by atoms with Gasteiger partial charge in [0.15, 0.2) is 0 Å². The van der Waals surface area contributed by atoms with Crippen LogP contribution in [0.2, 0.25) is 0 Å². The smallest absolute Gasteiger partial charge is 0.320 e. The quantitative estimate of drug-likeness (QED) is 0.417. The van der Waals surface area contributed by atoms with Gasteiger partial charge in [-0.05, 0) is 12.8 Å². The van der Waals surface area contributed by atoms with E-state index in [-0.39, 0.29) is 6.42 Å². The summed E-state index contributed by atoms with van der Waals surface area (Å²) in [5, 5.41) is 16.8. The summed E-state index contributed by atoms with van der Waals surface area (Å²) < 4.78 is 0. The van der Waals surface area contributed by atoms with Crippen LogP contribution in [0, 0.1) is 0 Å². The van der Waals surface area contributed by atoms with Crippen LogP contribution in [-0.4, -0.2) is 39.7 Å². The number of hydrogen-bond acceptors (Lipinski definition) is 5. The lowest BCUT2D eigenvalue weighted by Crippen LogP contribution is -2.30. The van der Waals surface area contributed by atoms with Gasteiger partial charge in [0, 0.05) is 17.9 Å². The number of carbonyl (C=O) groups is 2. The van der Waals surface area contributed by atoms with Gasteiger partial charge in [-0.25, -0.2) is 0 Å². The predicted octanol–water partition coefficient (Wildman–Crippen LogP) is 1.03. The van der Waals surface area contributed by atoms with Gasteiger partial charge in [-0.3, -0.25) is 9.59 Å². The maximum Gasteiger partial charge on any atom is 0.320 e. The van der Waals surface area contributed by atoms with Crippen molar-refractivity contribution < 1.29 is 19.8 Å². The summed E-state index contributed by atoms with van der Waals surface area (Å²) >= 11 is 0. The van der Waals surface area contributed by atoms with Crippen molar-refractivity contribution in [3.05, 3.63) is 0 Å². The van der Waals surface area contributed by atoms with Crippen LogP contribution < -0.4 is 5.73 Å². The molecule has 7 heteroatoms. The Hall–Kier alpha value is -0.400. The fourth-order valence-electron chi connectivity index (χ4n) is 0.699. The molecule has 0 saturated heterocycles. The predicted molar refractivity (Wildman–Crippen MR) is 62.0 cm³/mol. The van der Waals surface area contributed by atoms with E-state index in [1.807, 2.05) is 0 Å². The molecular formula is C8H15NO4S2. The Balaban J connectivity index is 3.18. The van der Waals surface area contributed by atoms with Gasteiger partial charge >= 0.3 is 11.9 Å². The largest absolute Gasteiger partial charge is 0.481 e. The maximum atomic E-state index is 10.3. The summed E-state index contributed by atoms with van der Waals surface area (Å²) in [4.78, 5) is 20.5. The Labute approximate surface area is 96.2 Å². The van der Waals surface area contributed by atoms with E-state index in [1.54, 1.807) is 10.8 Å². The Morgan fingerprint density at radius 1 is 1.20 bits per heavy atom. The number of carboxylic acids is 2. The van der Waals surface area contributed by atoms with Gasteiger partial charge in [-0.15, -0.1) is 0 Å². The first-order valence-electron chi connectivity index (χ1n) is 4.48. The normalized spacial score (nSPS) is 12.3. The lowest BCUT2D eigenvalue weighted by Gasteiger charge is -2.04. The topological polar surface area (TPSA) is 101 Å². The standard InChI is InChI=1S/C8H15NO4S2/c9-6(8(12)13)3-5-15-14-4-1-2-7(10)11/h6H,1-5,9H2,(H,10,11)(H,12,13)/t6-/m0/s1. The van der Waals surface area contributed by atoms with Crippen molar-refractivity contribution in [2.45, 2.75) is 25.3 Å². The van der Waals surface area contributed by atoms with E-state index in [0.717, 1.165) is 5.75 Å². The van der Waals surface area contributed by atoms with Gasteiger partial charge in [0.05, 0.1) is 0 Å². The fraction of sp³-hybridized carbons (Fsp3) is 0.750. The molecule has 0 aromatic rings. The molecule has 1 atom stereocenters. The molecule has 0 aromatic carbocycles. The van der Waals surface area contributed by atoms with Gasteiger partial charge in [0.1, 0.15) is 6.04 Å². The summed E-state index contributed by atoms with van der Waals surface area (Å²) in [6, 6.07) is -0.794. The Bertz CT molecular complexity index is 213. The van der Waals surface area contributed by atoms with Crippen molar-refractivity contribution in [2.75, 3.05) is 11.5 Å². The molecule has 0 saturated carbocycles. The molecule has 0 bridgehead atoms. The van der Waals surface area contributed by atoms with E-state index >= 15 is 0 Å². The van der Waals surface area contributed by atoms with E-state index in [1.165, 1.54) is 10.8 Å². The number of hydrogen-bond donors (Lipinski definition) is 3. The zero-order chi connectivity index (χ0) is 11.7. The molecule has 0 radical (unpaired) electrons. The van der Waals surface area contributed by atoms with Crippen LogP contribution in [0.15, 0.2) is 0 Å². The molecule has 0 aliphatic carbocycles. The lowest BCUT2D eigenvalue weighted by molar-refractivity contribution is -0.139. The summed E-state index contributed by atoms with van der Waals surface area (Å²) in [6.45, 7) is 0. The van der Waals surface area contributed by atoms with Gasteiger partial charge in [0.2, 0.25) is 0 Å². The van der Waals surface area contributed by atoms with Crippen LogP contribution >= 0.6 is 21.6 Å². The van der Waals surface area contributed by atoms with E-state index in [2.05, 4.69) is 0 Å². The highest BCUT2D eigenvalue weighted by atomic mass is 33.1. The van der Waals surface area contributed by atoms with E-state index in [0.29, 0.717) is 18.6 Å². The van der Waals surface area contributed by atoms with Crippen molar-refractivity contribution in [3.63, 3.8) is 0 Å². The Kier molecular flexibility index (Phi) is 8.64. The molecule has 0 rings (SSSR count). The van der Waals surface area contributed by atoms with Crippen molar-refractivity contribution >= 4 is 33.5 Å². The van der Waals surface area contributed by atoms with Crippen molar-refractivity contribution in [1.82, 2.24) is 0 Å². The zero-order valence-electron chi connectivity index (χ0n) is 8.22. The first-order chi connectivity index (χ1) is 7.04. The van der Waals surface area contributed by atoms with Crippen molar-refractivity contribution in [1.29, 1.82) is 0 Å². The van der Waals surface area contributed by atoms with Crippen molar-refractivity contribution in [3.8, 4) is 0 Å². The average molecular weight is 253 g/mol. The third kappa shape index (κ3) is 9.89. The van der Waals surface area contributed by atoms with Crippen LogP contribution in [0.4, 0.5) is 0 Å². The Morgan fingerprint density at radius 3 is 2.33 bits per heavy atom. The van der Waals surface area contributed by atoms with E-state index < -0.39 is 18.0 Å². The lowest BCUT2D eigenvalue weighted by atomic mass is 10.2. The first kappa shape index (κ1) is 14.6. The summed E-state index contributed by atoms with van der Waals surface area (Å²) in [6.07, 6.45) is 1.26. The molecule has 0 amide bonds. The molecule has 15 heavy (non-hydrogen) atoms. The van der Waals surface area contributed by atoms with Gasteiger partial charge in [-0.1, -0.05) is 21.6 Å². The summed E-state index contributed by atoms with van der Waals surface area (Å²) in [5.74, 6) is -0.329. The number of carboxylic acid groups (broad SMARTS) is 2. The molecule has 0 heterocycles. The monoisotopic (exact) mass is 253 g/mol.